The van der Waals surface area contributed by atoms with Crippen molar-refractivity contribution in [1.29, 1.82) is 0 Å². The first-order valence-corrected chi connectivity index (χ1v) is 12.1. The first-order chi connectivity index (χ1) is 16.9. The molecule has 4 rings (SSSR count). The Morgan fingerprint density at radius 2 is 1.89 bits per heavy atom. The smallest absolute Gasteiger partial charge is 0.262 e. The monoisotopic (exact) mass is 478 g/mol. The fourth-order valence-electron chi connectivity index (χ4n) is 4.44. The number of hydrazone groups is 1. The second-order valence-electron chi connectivity index (χ2n) is 9.04. The Balaban J connectivity index is 1.54. The molecule has 0 aliphatic carbocycles. The van der Waals surface area contributed by atoms with Crippen LogP contribution in [0.1, 0.15) is 36.1 Å². The summed E-state index contributed by atoms with van der Waals surface area (Å²) in [7, 11) is 1.63. The van der Waals surface area contributed by atoms with Crippen LogP contribution in [0.4, 0.5) is 0 Å². The Bertz CT molecular complexity index is 1060. The number of morpholine rings is 1. The number of ether oxygens (including phenoxy) is 2. The van der Waals surface area contributed by atoms with Gasteiger partial charge < -0.3 is 14.4 Å². The summed E-state index contributed by atoms with van der Waals surface area (Å²) in [4.78, 5) is 29.8. The first kappa shape index (κ1) is 24.9. The molecule has 0 spiro atoms. The zero-order chi connectivity index (χ0) is 24.8. The summed E-state index contributed by atoms with van der Waals surface area (Å²) in [6.07, 6.45) is 0.593. The predicted molar refractivity (Wildman–Crippen MR) is 134 cm³/mol. The molecule has 0 saturated carbocycles. The van der Waals surface area contributed by atoms with E-state index in [-0.39, 0.29) is 24.4 Å². The number of rotatable bonds is 8. The van der Waals surface area contributed by atoms with Crippen molar-refractivity contribution in [2.45, 2.75) is 26.3 Å². The highest BCUT2D eigenvalue weighted by molar-refractivity contribution is 6.03. The van der Waals surface area contributed by atoms with E-state index in [1.165, 1.54) is 6.92 Å². The minimum absolute atomic E-state index is 0.00305. The lowest BCUT2D eigenvalue weighted by Crippen LogP contribution is -2.45. The Morgan fingerprint density at radius 1 is 1.14 bits per heavy atom. The molecule has 1 fully saturated rings. The van der Waals surface area contributed by atoms with Gasteiger partial charge >= 0.3 is 0 Å². The third-order valence-corrected chi connectivity index (χ3v) is 6.59. The van der Waals surface area contributed by atoms with Crippen LogP contribution in [0.2, 0.25) is 0 Å². The number of aryl methyl sites for hydroxylation is 1. The maximum absolute atomic E-state index is 13.5. The number of benzene rings is 2. The van der Waals surface area contributed by atoms with Crippen LogP contribution >= 0.6 is 0 Å². The van der Waals surface area contributed by atoms with Crippen LogP contribution in [0.3, 0.4) is 0 Å². The zero-order valence-electron chi connectivity index (χ0n) is 20.8. The van der Waals surface area contributed by atoms with E-state index in [1.807, 2.05) is 55.5 Å². The number of carbonyl (C=O) groups is 2. The van der Waals surface area contributed by atoms with Gasteiger partial charge in [-0.05, 0) is 24.6 Å². The second-order valence-corrected chi connectivity index (χ2v) is 9.04. The number of amides is 2. The lowest BCUT2D eigenvalue weighted by molar-refractivity contribution is -0.140. The first-order valence-electron chi connectivity index (χ1n) is 12.1. The summed E-state index contributed by atoms with van der Waals surface area (Å²) in [6, 6.07) is 15.7. The van der Waals surface area contributed by atoms with Gasteiger partial charge in [0.15, 0.2) is 0 Å². The predicted octanol–water partition coefficient (Wildman–Crippen LogP) is 2.86. The van der Waals surface area contributed by atoms with Crippen molar-refractivity contribution in [2.75, 3.05) is 53.0 Å². The summed E-state index contributed by atoms with van der Waals surface area (Å²) in [5.74, 6) is 0.438. The molecule has 0 bridgehead atoms. The fraction of sp³-hybridized carbons (Fsp3) is 0.444. The van der Waals surface area contributed by atoms with Gasteiger partial charge in [-0.1, -0.05) is 42.0 Å². The van der Waals surface area contributed by atoms with Crippen molar-refractivity contribution in [3.05, 3.63) is 65.2 Å². The second kappa shape index (κ2) is 11.5. The summed E-state index contributed by atoms with van der Waals surface area (Å²) in [6.45, 7) is 7.85. The minimum atomic E-state index is -0.225. The molecule has 0 radical (unpaired) electrons. The van der Waals surface area contributed by atoms with E-state index < -0.39 is 0 Å². The molecule has 1 unspecified atom stereocenters. The third-order valence-electron chi connectivity index (χ3n) is 6.59. The molecule has 1 saturated heterocycles. The van der Waals surface area contributed by atoms with Gasteiger partial charge in [0, 0.05) is 45.1 Å². The summed E-state index contributed by atoms with van der Waals surface area (Å²) in [5.41, 5.74) is 3.93. The maximum atomic E-state index is 13.5. The Kier molecular flexibility index (Phi) is 8.15. The van der Waals surface area contributed by atoms with Crippen molar-refractivity contribution >= 4 is 17.5 Å². The molecule has 2 aromatic rings. The Hall–Kier alpha value is -3.23. The van der Waals surface area contributed by atoms with Crippen LogP contribution in [-0.2, 0) is 14.3 Å². The lowest BCUT2D eigenvalue weighted by Gasteiger charge is -2.30. The number of hydrogen-bond donors (Lipinski definition) is 0. The van der Waals surface area contributed by atoms with Crippen LogP contribution in [0, 0.1) is 6.92 Å². The van der Waals surface area contributed by atoms with Gasteiger partial charge in [-0.3, -0.25) is 14.5 Å². The molecule has 1 atom stereocenters. The molecule has 8 nitrogen and oxygen atoms in total. The van der Waals surface area contributed by atoms with Crippen molar-refractivity contribution in [1.82, 2.24) is 14.8 Å². The number of hydrogen-bond acceptors (Lipinski definition) is 6. The molecule has 2 aromatic carbocycles. The van der Waals surface area contributed by atoms with Gasteiger partial charge in [0.25, 0.3) is 5.91 Å². The SMILES string of the molecule is COc1cccc(C2=NN(C(=O)CN(CCN3CCOCC3)C(C)=O)C(c3ccc(C)cc3)C2)c1. The van der Waals surface area contributed by atoms with Gasteiger partial charge in [-0.2, -0.15) is 5.10 Å². The lowest BCUT2D eigenvalue weighted by atomic mass is 9.97. The van der Waals surface area contributed by atoms with Crippen molar-refractivity contribution in [2.24, 2.45) is 5.10 Å². The zero-order valence-corrected chi connectivity index (χ0v) is 20.8. The molecule has 2 amide bonds. The molecular weight excluding hydrogens is 444 g/mol. The highest BCUT2D eigenvalue weighted by atomic mass is 16.5. The summed E-state index contributed by atoms with van der Waals surface area (Å²) >= 11 is 0. The van der Waals surface area contributed by atoms with E-state index in [0.717, 1.165) is 47.8 Å². The van der Waals surface area contributed by atoms with Crippen LogP contribution in [0.5, 0.6) is 5.75 Å². The molecule has 2 aliphatic heterocycles. The van der Waals surface area contributed by atoms with Gasteiger partial charge in [0.05, 0.1) is 32.1 Å². The normalized spacial score (nSPS) is 18.3. The van der Waals surface area contributed by atoms with Crippen LogP contribution in [0.25, 0.3) is 0 Å². The molecule has 0 N–H and O–H groups in total. The van der Waals surface area contributed by atoms with Gasteiger partial charge in [0.1, 0.15) is 12.3 Å². The number of nitrogens with zero attached hydrogens (tertiary/aromatic N) is 4. The van der Waals surface area contributed by atoms with Crippen LogP contribution in [-0.4, -0.2) is 85.4 Å². The standard InChI is InChI=1S/C27H34N4O4/c1-20-7-9-22(10-8-20)26-18-25(23-5-4-6-24(17-23)34-3)28-31(26)27(33)19-30(21(2)32)12-11-29-13-15-35-16-14-29/h4-10,17,26H,11-16,18-19H2,1-3H3. The van der Waals surface area contributed by atoms with Crippen molar-refractivity contribution < 1.29 is 19.1 Å². The van der Waals surface area contributed by atoms with E-state index in [9.17, 15) is 9.59 Å². The molecule has 2 heterocycles. The van der Waals surface area contributed by atoms with Crippen LogP contribution in [0.15, 0.2) is 53.6 Å². The van der Waals surface area contributed by atoms with E-state index in [2.05, 4.69) is 4.90 Å². The summed E-state index contributed by atoms with van der Waals surface area (Å²) in [5, 5.41) is 6.32. The van der Waals surface area contributed by atoms with E-state index in [1.54, 1.807) is 17.0 Å². The van der Waals surface area contributed by atoms with Gasteiger partial charge in [-0.15, -0.1) is 0 Å². The van der Waals surface area contributed by atoms with Gasteiger partial charge in [0.2, 0.25) is 5.91 Å². The van der Waals surface area contributed by atoms with Crippen molar-refractivity contribution in [3.63, 3.8) is 0 Å². The fourth-order valence-corrected chi connectivity index (χ4v) is 4.44. The highest BCUT2D eigenvalue weighted by Gasteiger charge is 2.34. The van der Waals surface area contributed by atoms with Gasteiger partial charge in [-0.25, -0.2) is 5.01 Å². The molecule has 186 valence electrons. The third kappa shape index (κ3) is 6.26. The van der Waals surface area contributed by atoms with Crippen LogP contribution < -0.4 is 4.74 Å². The molecule has 8 heteroatoms. The number of methoxy groups -OCH3 is 1. The van der Waals surface area contributed by atoms with E-state index in [4.69, 9.17) is 14.6 Å². The molecule has 35 heavy (non-hydrogen) atoms. The van der Waals surface area contributed by atoms with E-state index >= 15 is 0 Å². The molecule has 2 aliphatic rings. The summed E-state index contributed by atoms with van der Waals surface area (Å²) < 4.78 is 10.8. The largest absolute Gasteiger partial charge is 0.497 e. The Labute approximate surface area is 207 Å². The Morgan fingerprint density at radius 3 is 2.57 bits per heavy atom. The maximum Gasteiger partial charge on any atom is 0.262 e. The average Bonchev–Trinajstić information content (AvgIpc) is 3.33. The average molecular weight is 479 g/mol. The highest BCUT2D eigenvalue weighted by Crippen LogP contribution is 2.33. The minimum Gasteiger partial charge on any atom is -0.497 e. The molecule has 0 aromatic heterocycles. The van der Waals surface area contributed by atoms with Crippen molar-refractivity contribution in [3.8, 4) is 5.75 Å². The molecular formula is C27H34N4O4. The quantitative estimate of drug-likeness (QED) is 0.583. The number of carbonyl (C=O) groups excluding carboxylic acids is 2. The topological polar surface area (TPSA) is 74.7 Å². The van der Waals surface area contributed by atoms with E-state index in [0.29, 0.717) is 26.2 Å².